The van der Waals surface area contributed by atoms with E-state index < -0.39 is 6.04 Å². The Kier molecular flexibility index (Phi) is 5.04. The van der Waals surface area contributed by atoms with E-state index in [1.165, 1.54) is 17.0 Å². The zero-order chi connectivity index (χ0) is 17.8. The van der Waals surface area contributed by atoms with Crippen molar-refractivity contribution in [1.82, 2.24) is 20.1 Å². The Morgan fingerprint density at radius 1 is 1.36 bits per heavy atom. The molecule has 2 heterocycles. The maximum atomic E-state index is 13.7. The third-order valence-electron chi connectivity index (χ3n) is 4.12. The van der Waals surface area contributed by atoms with Gasteiger partial charge < -0.3 is 5.32 Å². The summed E-state index contributed by atoms with van der Waals surface area (Å²) in [5.41, 5.74) is 1.40. The molecule has 25 heavy (non-hydrogen) atoms. The second-order valence-electron chi connectivity index (χ2n) is 5.90. The molecule has 0 bridgehead atoms. The number of carbonyl (C=O) groups excluding carboxylic acids is 2. The standard InChI is InChI=1S/C18H19FN4O2/c1-22(12-16(24)23-10-9-21-18(23)25)17(15-7-2-3-8-20-15)13-5-4-6-14(19)11-13/h2-8,11,17H,9-10,12H2,1H3,(H,21,25)/t17-/m1/s1. The molecule has 1 aliphatic rings. The number of rotatable bonds is 5. The first-order chi connectivity index (χ1) is 12.1. The van der Waals surface area contributed by atoms with Crippen LogP contribution in [0.5, 0.6) is 0 Å². The van der Waals surface area contributed by atoms with Crippen LogP contribution in [0.1, 0.15) is 17.3 Å². The Hall–Kier alpha value is -2.80. The second-order valence-corrected chi connectivity index (χ2v) is 5.90. The normalized spacial score (nSPS) is 15.3. The van der Waals surface area contributed by atoms with Crippen LogP contribution in [0, 0.1) is 5.82 Å². The molecule has 0 radical (unpaired) electrons. The predicted octanol–water partition coefficient (Wildman–Crippen LogP) is 1.79. The number of likely N-dealkylation sites (N-methyl/N-ethyl adjacent to an activating group) is 1. The SMILES string of the molecule is CN(CC(=O)N1CCNC1=O)[C@H](c1cccc(F)c1)c1ccccn1. The fourth-order valence-corrected chi connectivity index (χ4v) is 2.96. The summed E-state index contributed by atoms with van der Waals surface area (Å²) >= 11 is 0. The summed E-state index contributed by atoms with van der Waals surface area (Å²) in [7, 11) is 1.76. The highest BCUT2D eigenvalue weighted by Crippen LogP contribution is 2.26. The Labute approximate surface area is 145 Å². The molecule has 1 fully saturated rings. The number of hydrogen-bond donors (Lipinski definition) is 1. The highest BCUT2D eigenvalue weighted by Gasteiger charge is 2.29. The van der Waals surface area contributed by atoms with Gasteiger partial charge in [0.2, 0.25) is 5.91 Å². The average Bonchev–Trinajstić information content (AvgIpc) is 3.02. The van der Waals surface area contributed by atoms with E-state index in [9.17, 15) is 14.0 Å². The first kappa shape index (κ1) is 17.0. The van der Waals surface area contributed by atoms with E-state index in [1.807, 2.05) is 12.1 Å². The van der Waals surface area contributed by atoms with E-state index in [0.29, 0.717) is 24.3 Å². The molecule has 6 nitrogen and oxygen atoms in total. The fraction of sp³-hybridized carbons (Fsp3) is 0.278. The van der Waals surface area contributed by atoms with Gasteiger partial charge in [-0.3, -0.25) is 19.6 Å². The zero-order valence-electron chi connectivity index (χ0n) is 13.9. The number of urea groups is 1. The average molecular weight is 342 g/mol. The van der Waals surface area contributed by atoms with E-state index in [4.69, 9.17) is 0 Å². The molecular weight excluding hydrogens is 323 g/mol. The van der Waals surface area contributed by atoms with Crippen molar-refractivity contribution < 1.29 is 14.0 Å². The summed E-state index contributed by atoms with van der Waals surface area (Å²) in [6.07, 6.45) is 1.66. The van der Waals surface area contributed by atoms with E-state index in [0.717, 1.165) is 0 Å². The lowest BCUT2D eigenvalue weighted by Gasteiger charge is -2.28. The number of pyridine rings is 1. The molecule has 1 atom stereocenters. The number of benzene rings is 1. The molecule has 3 amide bonds. The van der Waals surface area contributed by atoms with E-state index in [-0.39, 0.29) is 24.3 Å². The lowest BCUT2D eigenvalue weighted by Crippen LogP contribution is -2.42. The van der Waals surface area contributed by atoms with Gasteiger partial charge >= 0.3 is 6.03 Å². The van der Waals surface area contributed by atoms with Gasteiger partial charge in [0.05, 0.1) is 18.3 Å². The predicted molar refractivity (Wildman–Crippen MR) is 90.2 cm³/mol. The van der Waals surface area contributed by atoms with Gasteiger partial charge in [0.25, 0.3) is 0 Å². The Morgan fingerprint density at radius 3 is 2.84 bits per heavy atom. The highest BCUT2D eigenvalue weighted by atomic mass is 19.1. The van der Waals surface area contributed by atoms with Gasteiger partial charge in [-0.1, -0.05) is 18.2 Å². The molecule has 0 aliphatic carbocycles. The van der Waals surface area contributed by atoms with Crippen LogP contribution >= 0.6 is 0 Å². The van der Waals surface area contributed by atoms with Crippen LogP contribution in [0.4, 0.5) is 9.18 Å². The van der Waals surface area contributed by atoms with Crippen molar-refractivity contribution in [3.63, 3.8) is 0 Å². The molecule has 2 aromatic rings. The first-order valence-electron chi connectivity index (χ1n) is 8.01. The fourth-order valence-electron chi connectivity index (χ4n) is 2.96. The van der Waals surface area contributed by atoms with Crippen LogP contribution in [0.15, 0.2) is 48.7 Å². The zero-order valence-corrected chi connectivity index (χ0v) is 13.9. The number of hydrogen-bond acceptors (Lipinski definition) is 4. The largest absolute Gasteiger partial charge is 0.336 e. The summed E-state index contributed by atoms with van der Waals surface area (Å²) < 4.78 is 13.7. The molecule has 3 rings (SSSR count). The van der Waals surface area contributed by atoms with E-state index in [1.54, 1.807) is 36.3 Å². The number of halogens is 1. The Morgan fingerprint density at radius 2 is 2.20 bits per heavy atom. The molecule has 7 heteroatoms. The molecule has 1 aromatic heterocycles. The van der Waals surface area contributed by atoms with Gasteiger partial charge in [0, 0.05) is 19.3 Å². The summed E-state index contributed by atoms with van der Waals surface area (Å²) in [5, 5.41) is 2.61. The minimum absolute atomic E-state index is 0.0190. The van der Waals surface area contributed by atoms with Crippen molar-refractivity contribution in [3.05, 3.63) is 65.7 Å². The first-order valence-corrected chi connectivity index (χ1v) is 8.01. The van der Waals surface area contributed by atoms with Crippen molar-refractivity contribution in [3.8, 4) is 0 Å². The van der Waals surface area contributed by atoms with Crippen molar-refractivity contribution >= 4 is 11.9 Å². The summed E-state index contributed by atoms with van der Waals surface area (Å²) in [6.45, 7) is 0.840. The van der Waals surface area contributed by atoms with Crippen LogP contribution in [0.25, 0.3) is 0 Å². The van der Waals surface area contributed by atoms with Crippen LogP contribution < -0.4 is 5.32 Å². The third-order valence-corrected chi connectivity index (χ3v) is 4.12. The molecule has 0 unspecified atom stereocenters. The number of nitrogens with zero attached hydrogens (tertiary/aromatic N) is 3. The molecule has 0 saturated carbocycles. The number of nitrogens with one attached hydrogen (secondary N) is 1. The lowest BCUT2D eigenvalue weighted by atomic mass is 10.0. The molecule has 1 aromatic carbocycles. The number of amides is 3. The number of imide groups is 1. The molecule has 0 spiro atoms. The van der Waals surface area contributed by atoms with Gasteiger partial charge in [-0.25, -0.2) is 9.18 Å². The van der Waals surface area contributed by atoms with Crippen molar-refractivity contribution in [2.75, 3.05) is 26.7 Å². The molecule has 130 valence electrons. The van der Waals surface area contributed by atoms with E-state index >= 15 is 0 Å². The minimum atomic E-state index is -0.397. The Balaban J connectivity index is 1.86. The smallest absolute Gasteiger partial charge is 0.324 e. The van der Waals surface area contributed by atoms with Gasteiger partial charge in [0.15, 0.2) is 0 Å². The Bertz CT molecular complexity index is 769. The minimum Gasteiger partial charge on any atom is -0.336 e. The van der Waals surface area contributed by atoms with Gasteiger partial charge in [-0.15, -0.1) is 0 Å². The number of carbonyl (C=O) groups is 2. The lowest BCUT2D eigenvalue weighted by molar-refractivity contribution is -0.128. The van der Waals surface area contributed by atoms with Gasteiger partial charge in [-0.05, 0) is 36.9 Å². The molecule has 1 N–H and O–H groups in total. The highest BCUT2D eigenvalue weighted by molar-refractivity contribution is 5.96. The molecule has 1 aliphatic heterocycles. The van der Waals surface area contributed by atoms with Crippen molar-refractivity contribution in [1.29, 1.82) is 0 Å². The quantitative estimate of drug-likeness (QED) is 0.900. The monoisotopic (exact) mass is 342 g/mol. The summed E-state index contributed by atoms with van der Waals surface area (Å²) in [5.74, 6) is -0.646. The van der Waals surface area contributed by atoms with Crippen LogP contribution in [0.2, 0.25) is 0 Å². The van der Waals surface area contributed by atoms with Gasteiger partial charge in [-0.2, -0.15) is 0 Å². The van der Waals surface area contributed by atoms with Crippen molar-refractivity contribution in [2.24, 2.45) is 0 Å². The van der Waals surface area contributed by atoms with Crippen LogP contribution in [-0.4, -0.2) is 53.4 Å². The molecular formula is C18H19FN4O2. The second kappa shape index (κ2) is 7.40. The maximum absolute atomic E-state index is 13.7. The number of aromatic nitrogens is 1. The maximum Gasteiger partial charge on any atom is 0.324 e. The van der Waals surface area contributed by atoms with Crippen LogP contribution in [-0.2, 0) is 4.79 Å². The molecule has 1 saturated heterocycles. The van der Waals surface area contributed by atoms with Crippen molar-refractivity contribution in [2.45, 2.75) is 6.04 Å². The van der Waals surface area contributed by atoms with Gasteiger partial charge in [0.1, 0.15) is 5.82 Å². The van der Waals surface area contributed by atoms with E-state index in [2.05, 4.69) is 10.3 Å². The topological polar surface area (TPSA) is 65.5 Å². The summed E-state index contributed by atoms with van der Waals surface area (Å²) in [4.78, 5) is 31.4. The third kappa shape index (κ3) is 3.83. The summed E-state index contributed by atoms with van der Waals surface area (Å²) in [6, 6.07) is 10.9. The van der Waals surface area contributed by atoms with Crippen LogP contribution in [0.3, 0.4) is 0 Å².